The molecule has 1 aliphatic carbocycles. The van der Waals surface area contributed by atoms with Crippen LogP contribution >= 0.6 is 11.3 Å². The molecule has 1 saturated heterocycles. The topological polar surface area (TPSA) is 75.2 Å². The molecule has 26 heavy (non-hydrogen) atoms. The summed E-state index contributed by atoms with van der Waals surface area (Å²) in [6.45, 7) is 0.685. The number of rotatable bonds is 3. The molecule has 1 saturated carbocycles. The molecular formula is C19H22N4O2S. The smallest absolute Gasteiger partial charge is 0.313 e. The Hall–Kier alpha value is -2.28. The normalized spacial score (nSPS) is 20.5. The third kappa shape index (κ3) is 3.49. The summed E-state index contributed by atoms with van der Waals surface area (Å²) in [6, 6.07) is 2.04. The van der Waals surface area contributed by atoms with Crippen molar-refractivity contribution in [2.45, 2.75) is 44.6 Å². The summed E-state index contributed by atoms with van der Waals surface area (Å²) in [5.74, 6) is -0.445. The molecule has 2 aromatic rings. The first kappa shape index (κ1) is 17.1. The highest BCUT2D eigenvalue weighted by molar-refractivity contribution is 7.13. The number of carbonyl (C=O) groups excluding carboxylic acids is 2. The summed E-state index contributed by atoms with van der Waals surface area (Å²) in [5.41, 5.74) is 1.35. The Bertz CT molecular complexity index is 787. The largest absolute Gasteiger partial charge is 0.331 e. The molecular weight excluding hydrogens is 348 g/mol. The molecule has 1 aliphatic heterocycles. The lowest BCUT2D eigenvalue weighted by Crippen LogP contribution is -2.57. The van der Waals surface area contributed by atoms with Gasteiger partial charge in [0, 0.05) is 35.9 Å². The number of pyridine rings is 1. The van der Waals surface area contributed by atoms with Crippen LogP contribution in [0.5, 0.6) is 0 Å². The fourth-order valence-electron chi connectivity index (χ4n) is 3.97. The minimum absolute atomic E-state index is 0.244. The molecule has 0 spiro atoms. The van der Waals surface area contributed by atoms with E-state index < -0.39 is 11.8 Å². The Morgan fingerprint density at radius 1 is 1.15 bits per heavy atom. The molecule has 0 radical (unpaired) electrons. The van der Waals surface area contributed by atoms with Crippen molar-refractivity contribution in [2.24, 2.45) is 5.92 Å². The van der Waals surface area contributed by atoms with E-state index in [4.69, 9.17) is 0 Å². The molecule has 7 heteroatoms. The van der Waals surface area contributed by atoms with Crippen molar-refractivity contribution in [1.82, 2.24) is 14.9 Å². The van der Waals surface area contributed by atoms with Gasteiger partial charge in [-0.2, -0.15) is 0 Å². The molecule has 2 aromatic heterocycles. The Morgan fingerprint density at radius 2 is 2.00 bits per heavy atom. The van der Waals surface area contributed by atoms with Crippen LogP contribution in [0, 0.1) is 5.92 Å². The molecule has 1 unspecified atom stereocenters. The van der Waals surface area contributed by atoms with E-state index in [-0.39, 0.29) is 6.04 Å². The van der Waals surface area contributed by atoms with Gasteiger partial charge in [-0.25, -0.2) is 4.98 Å². The lowest BCUT2D eigenvalue weighted by atomic mass is 9.79. The predicted molar refractivity (Wildman–Crippen MR) is 101 cm³/mol. The fraction of sp³-hybridized carbons (Fsp3) is 0.474. The van der Waals surface area contributed by atoms with Gasteiger partial charge in [-0.05, 0) is 31.2 Å². The third-order valence-corrected chi connectivity index (χ3v) is 6.21. The van der Waals surface area contributed by atoms with Crippen LogP contribution in [-0.4, -0.2) is 39.3 Å². The van der Waals surface area contributed by atoms with Crippen LogP contribution in [0.4, 0.5) is 5.69 Å². The van der Waals surface area contributed by atoms with Crippen LogP contribution in [0.15, 0.2) is 30.0 Å². The summed E-state index contributed by atoms with van der Waals surface area (Å²) < 4.78 is 0. The number of aromatic nitrogens is 2. The molecule has 2 amide bonds. The van der Waals surface area contributed by atoms with Crippen molar-refractivity contribution in [3.63, 3.8) is 0 Å². The minimum atomic E-state index is -0.580. The van der Waals surface area contributed by atoms with Crippen molar-refractivity contribution in [3.8, 4) is 10.6 Å². The maximum atomic E-state index is 12.6. The summed E-state index contributed by atoms with van der Waals surface area (Å²) >= 11 is 1.50. The lowest BCUT2D eigenvalue weighted by molar-refractivity contribution is -0.150. The standard InChI is InChI=1S/C19H22N4O2S/c24-17(19(25)23-8-6-16(23)13-4-2-1-3-5-13)22-15-10-14(11-20-12-15)18-21-7-9-26-18/h7,9-13,16H,1-6,8H2,(H,22,24). The average molecular weight is 370 g/mol. The summed E-state index contributed by atoms with van der Waals surface area (Å²) in [6.07, 6.45) is 12.1. The number of nitrogens with zero attached hydrogens (tertiary/aromatic N) is 3. The molecule has 0 bridgehead atoms. The van der Waals surface area contributed by atoms with Gasteiger partial charge in [-0.15, -0.1) is 11.3 Å². The van der Waals surface area contributed by atoms with E-state index in [0.29, 0.717) is 18.2 Å². The first-order chi connectivity index (χ1) is 12.7. The van der Waals surface area contributed by atoms with Crippen LogP contribution < -0.4 is 5.32 Å². The van der Waals surface area contributed by atoms with Gasteiger partial charge in [0.05, 0.1) is 11.9 Å². The van der Waals surface area contributed by atoms with E-state index in [9.17, 15) is 9.59 Å². The van der Waals surface area contributed by atoms with E-state index in [0.717, 1.165) is 17.0 Å². The number of likely N-dealkylation sites (tertiary alicyclic amines) is 1. The highest BCUT2D eigenvalue weighted by atomic mass is 32.1. The first-order valence-corrected chi connectivity index (χ1v) is 10.1. The summed E-state index contributed by atoms with van der Waals surface area (Å²) in [7, 11) is 0. The van der Waals surface area contributed by atoms with Gasteiger partial charge >= 0.3 is 11.8 Å². The molecule has 4 rings (SSSR count). The Balaban J connectivity index is 1.40. The first-order valence-electron chi connectivity index (χ1n) is 9.19. The number of amides is 2. The van der Waals surface area contributed by atoms with Gasteiger partial charge in [-0.3, -0.25) is 14.6 Å². The number of hydrogen-bond donors (Lipinski definition) is 1. The summed E-state index contributed by atoms with van der Waals surface area (Å²) in [4.78, 5) is 35.2. The second kappa shape index (κ2) is 7.53. The van der Waals surface area contributed by atoms with Crippen molar-refractivity contribution < 1.29 is 9.59 Å². The van der Waals surface area contributed by atoms with Crippen molar-refractivity contribution >= 4 is 28.8 Å². The van der Waals surface area contributed by atoms with Crippen molar-refractivity contribution in [1.29, 1.82) is 0 Å². The monoisotopic (exact) mass is 370 g/mol. The van der Waals surface area contributed by atoms with Crippen LogP contribution in [0.1, 0.15) is 38.5 Å². The number of hydrogen-bond acceptors (Lipinski definition) is 5. The van der Waals surface area contributed by atoms with Crippen LogP contribution in [0.2, 0.25) is 0 Å². The second-order valence-corrected chi connectivity index (χ2v) is 7.90. The van der Waals surface area contributed by atoms with E-state index in [2.05, 4.69) is 15.3 Å². The fourth-order valence-corrected chi connectivity index (χ4v) is 4.59. The Labute approximate surface area is 156 Å². The number of carbonyl (C=O) groups is 2. The molecule has 0 aromatic carbocycles. The number of anilines is 1. The minimum Gasteiger partial charge on any atom is -0.331 e. The zero-order chi connectivity index (χ0) is 17.9. The van der Waals surface area contributed by atoms with E-state index in [1.54, 1.807) is 29.6 Å². The van der Waals surface area contributed by atoms with Crippen LogP contribution in [0.3, 0.4) is 0 Å². The highest BCUT2D eigenvalue weighted by Crippen LogP contribution is 2.35. The van der Waals surface area contributed by atoms with Gasteiger partial charge in [0.1, 0.15) is 5.01 Å². The molecule has 3 heterocycles. The van der Waals surface area contributed by atoms with Gasteiger partial charge in [0.15, 0.2) is 0 Å². The van der Waals surface area contributed by atoms with Crippen LogP contribution in [-0.2, 0) is 9.59 Å². The zero-order valence-electron chi connectivity index (χ0n) is 14.6. The molecule has 1 N–H and O–H groups in total. The van der Waals surface area contributed by atoms with Crippen molar-refractivity contribution in [3.05, 3.63) is 30.0 Å². The van der Waals surface area contributed by atoms with Gasteiger partial charge in [0.2, 0.25) is 0 Å². The summed E-state index contributed by atoms with van der Waals surface area (Å²) in [5, 5.41) is 5.42. The molecule has 1 atom stereocenters. The number of thiazole rings is 1. The molecule has 136 valence electrons. The van der Waals surface area contributed by atoms with E-state index >= 15 is 0 Å². The predicted octanol–water partition coefficient (Wildman–Crippen LogP) is 3.32. The SMILES string of the molecule is O=C(Nc1cncc(-c2nccs2)c1)C(=O)N1CCC1C1CCCCC1. The van der Waals surface area contributed by atoms with Gasteiger partial charge in [0.25, 0.3) is 0 Å². The van der Waals surface area contributed by atoms with E-state index in [1.807, 2.05) is 5.38 Å². The van der Waals surface area contributed by atoms with Gasteiger partial charge < -0.3 is 10.2 Å². The lowest BCUT2D eigenvalue weighted by Gasteiger charge is -2.46. The van der Waals surface area contributed by atoms with Crippen molar-refractivity contribution in [2.75, 3.05) is 11.9 Å². The Morgan fingerprint density at radius 3 is 2.69 bits per heavy atom. The van der Waals surface area contributed by atoms with Crippen LogP contribution in [0.25, 0.3) is 10.6 Å². The molecule has 6 nitrogen and oxygen atoms in total. The van der Waals surface area contributed by atoms with E-state index in [1.165, 1.54) is 43.4 Å². The number of nitrogens with one attached hydrogen (secondary N) is 1. The molecule has 2 aliphatic rings. The highest BCUT2D eigenvalue weighted by Gasteiger charge is 2.40. The second-order valence-electron chi connectivity index (χ2n) is 7.01. The Kier molecular flexibility index (Phi) is 4.97. The third-order valence-electron chi connectivity index (χ3n) is 5.39. The average Bonchev–Trinajstić information content (AvgIpc) is 3.16. The quantitative estimate of drug-likeness (QED) is 0.841. The molecule has 2 fully saturated rings. The van der Waals surface area contributed by atoms with Gasteiger partial charge in [-0.1, -0.05) is 19.3 Å². The zero-order valence-corrected chi connectivity index (χ0v) is 15.4. The maximum absolute atomic E-state index is 12.6. The maximum Gasteiger partial charge on any atom is 0.313 e.